The molecule has 1 saturated heterocycles. The minimum Gasteiger partial charge on any atom is -0.475 e. The van der Waals surface area contributed by atoms with Gasteiger partial charge in [-0.3, -0.25) is 0 Å². The van der Waals surface area contributed by atoms with E-state index >= 15 is 0 Å². The van der Waals surface area contributed by atoms with Crippen molar-refractivity contribution >= 4 is 22.3 Å². The molecule has 238 valence electrons. The number of fused-ring (bicyclic) bond motifs is 1. The first kappa shape index (κ1) is 30.9. The number of anilines is 2. The first-order valence-corrected chi connectivity index (χ1v) is 16.7. The highest BCUT2D eigenvalue weighted by Gasteiger charge is 2.32. The smallest absolute Gasteiger partial charge is 0.253 e. The Kier molecular flexibility index (Phi) is 9.56. The standard InChI is InChI=1S/C31H41N11O2S/c1-20(2)21(3)42-19-26(37-39-42)43-17-5-4-12-40-13-7-14-41(16-15-40)31-34-11-10-24(35-31)29-36-30(44-38-29)22-8-6-9-25-27(22)23(18-32)28(33)45-25/h10-11,19-22H,4-9,12-17,33H2,1-3H3. The second-order valence-electron chi connectivity index (χ2n) is 12.2. The highest BCUT2D eigenvalue weighted by atomic mass is 32.1. The summed E-state index contributed by atoms with van der Waals surface area (Å²) in [6, 6.07) is 4.38. The van der Waals surface area contributed by atoms with Gasteiger partial charge in [0.1, 0.15) is 16.8 Å². The molecule has 0 radical (unpaired) electrons. The van der Waals surface area contributed by atoms with Gasteiger partial charge in [-0.2, -0.15) is 10.2 Å². The number of hydrogen-bond donors (Lipinski definition) is 1. The van der Waals surface area contributed by atoms with Gasteiger partial charge in [0.25, 0.3) is 5.88 Å². The van der Waals surface area contributed by atoms with Gasteiger partial charge in [-0.05, 0) is 76.1 Å². The van der Waals surface area contributed by atoms with Crippen LogP contribution in [-0.2, 0) is 6.42 Å². The third-order valence-electron chi connectivity index (χ3n) is 8.88. The zero-order chi connectivity index (χ0) is 31.3. The minimum atomic E-state index is -0.128. The molecule has 1 fully saturated rings. The molecule has 2 N–H and O–H groups in total. The van der Waals surface area contributed by atoms with Crippen molar-refractivity contribution in [2.45, 2.75) is 71.3 Å². The topological polar surface area (TPSA) is 161 Å². The quantitative estimate of drug-likeness (QED) is 0.228. The van der Waals surface area contributed by atoms with Crippen molar-refractivity contribution in [2.24, 2.45) is 5.92 Å². The SMILES string of the molecule is CC(C)C(C)n1cc(OCCCCN2CCCN(c3nccc(-c4noc(C5CCCc6sc(N)c(C#N)c65)n4)n3)CC2)nn1. The lowest BCUT2D eigenvalue weighted by atomic mass is 9.85. The fourth-order valence-corrected chi connectivity index (χ4v) is 7.11. The summed E-state index contributed by atoms with van der Waals surface area (Å²) < 4.78 is 13.5. The van der Waals surface area contributed by atoms with Crippen molar-refractivity contribution < 1.29 is 9.26 Å². The molecular formula is C31H41N11O2S. The number of ether oxygens (including phenoxy) is 1. The van der Waals surface area contributed by atoms with Crippen molar-refractivity contribution in [2.75, 3.05) is 50.0 Å². The predicted octanol–water partition coefficient (Wildman–Crippen LogP) is 4.69. The molecule has 0 bridgehead atoms. The summed E-state index contributed by atoms with van der Waals surface area (Å²) in [4.78, 5) is 20.0. The second-order valence-corrected chi connectivity index (χ2v) is 13.3. The van der Waals surface area contributed by atoms with Crippen LogP contribution in [0.3, 0.4) is 0 Å². The lowest BCUT2D eigenvalue weighted by molar-refractivity contribution is 0.256. The van der Waals surface area contributed by atoms with Gasteiger partial charge in [-0.15, -0.1) is 11.3 Å². The maximum Gasteiger partial charge on any atom is 0.253 e. The zero-order valence-electron chi connectivity index (χ0n) is 26.2. The number of nitrogens with two attached hydrogens (primary N) is 1. The van der Waals surface area contributed by atoms with Crippen LogP contribution in [0.25, 0.3) is 11.5 Å². The van der Waals surface area contributed by atoms with Crippen LogP contribution < -0.4 is 15.4 Å². The van der Waals surface area contributed by atoms with Gasteiger partial charge in [0, 0.05) is 30.7 Å². The third kappa shape index (κ3) is 6.94. The lowest BCUT2D eigenvalue weighted by Gasteiger charge is -2.22. The number of nitriles is 1. The number of aromatic nitrogens is 7. The third-order valence-corrected chi connectivity index (χ3v) is 9.97. The van der Waals surface area contributed by atoms with Crippen molar-refractivity contribution in [3.63, 3.8) is 0 Å². The molecule has 45 heavy (non-hydrogen) atoms. The van der Waals surface area contributed by atoms with E-state index in [1.54, 1.807) is 6.20 Å². The number of unbranched alkanes of at least 4 members (excludes halogenated alkanes) is 1. The molecule has 2 atom stereocenters. The van der Waals surface area contributed by atoms with E-state index in [9.17, 15) is 5.26 Å². The summed E-state index contributed by atoms with van der Waals surface area (Å²) in [6.07, 6.45) is 9.44. The second kappa shape index (κ2) is 13.9. The zero-order valence-corrected chi connectivity index (χ0v) is 27.0. The Bertz CT molecular complexity index is 1620. The summed E-state index contributed by atoms with van der Waals surface area (Å²) in [7, 11) is 0. The fourth-order valence-electron chi connectivity index (χ4n) is 5.98. The Labute approximate surface area is 267 Å². The largest absolute Gasteiger partial charge is 0.475 e. The first-order chi connectivity index (χ1) is 21.9. The molecule has 4 aromatic rings. The molecule has 0 amide bonds. The van der Waals surface area contributed by atoms with Crippen LogP contribution in [0.4, 0.5) is 10.9 Å². The van der Waals surface area contributed by atoms with Crippen LogP contribution in [0.1, 0.15) is 86.7 Å². The van der Waals surface area contributed by atoms with Gasteiger partial charge < -0.3 is 24.8 Å². The van der Waals surface area contributed by atoms with E-state index in [4.69, 9.17) is 25.0 Å². The van der Waals surface area contributed by atoms with Gasteiger partial charge in [0.15, 0.2) is 0 Å². The van der Waals surface area contributed by atoms with E-state index in [2.05, 4.69) is 57.1 Å². The summed E-state index contributed by atoms with van der Waals surface area (Å²) in [6.45, 7) is 11.8. The highest BCUT2D eigenvalue weighted by Crippen LogP contribution is 2.44. The number of hydrogen-bond acceptors (Lipinski definition) is 13. The van der Waals surface area contributed by atoms with Crippen LogP contribution >= 0.6 is 11.3 Å². The molecule has 2 unspecified atom stereocenters. The molecule has 1 aliphatic heterocycles. The maximum absolute atomic E-state index is 9.71. The average molecular weight is 632 g/mol. The van der Waals surface area contributed by atoms with Gasteiger partial charge >= 0.3 is 0 Å². The maximum atomic E-state index is 9.71. The van der Waals surface area contributed by atoms with Crippen LogP contribution in [0.15, 0.2) is 23.0 Å². The van der Waals surface area contributed by atoms with E-state index in [1.807, 2.05) is 16.9 Å². The molecule has 14 heteroatoms. The molecule has 6 rings (SSSR count). The van der Waals surface area contributed by atoms with Crippen molar-refractivity contribution in [3.05, 3.63) is 40.4 Å². The normalized spacial score (nSPS) is 18.0. The van der Waals surface area contributed by atoms with Gasteiger partial charge in [-0.25, -0.2) is 14.6 Å². The summed E-state index contributed by atoms with van der Waals surface area (Å²) in [5, 5.41) is 22.9. The van der Waals surface area contributed by atoms with Crippen LogP contribution in [-0.4, -0.2) is 79.3 Å². The molecule has 0 aromatic carbocycles. The predicted molar refractivity (Wildman–Crippen MR) is 171 cm³/mol. The van der Waals surface area contributed by atoms with E-state index in [-0.39, 0.29) is 5.92 Å². The van der Waals surface area contributed by atoms with Crippen molar-refractivity contribution in [1.82, 2.24) is 40.0 Å². The molecule has 2 aliphatic rings. The molecule has 1 aliphatic carbocycles. The number of thiophene rings is 1. The van der Waals surface area contributed by atoms with E-state index < -0.39 is 0 Å². The monoisotopic (exact) mass is 631 g/mol. The van der Waals surface area contributed by atoms with Gasteiger partial charge in [-0.1, -0.05) is 29.3 Å². The Hall–Kier alpha value is -4.09. The Morgan fingerprint density at radius 2 is 2.04 bits per heavy atom. The Morgan fingerprint density at radius 1 is 1.16 bits per heavy atom. The number of nitrogens with zero attached hydrogens (tertiary/aromatic N) is 10. The lowest BCUT2D eigenvalue weighted by Crippen LogP contribution is -2.32. The van der Waals surface area contributed by atoms with Gasteiger partial charge in [0.05, 0.1) is 30.3 Å². The highest BCUT2D eigenvalue weighted by molar-refractivity contribution is 7.16. The van der Waals surface area contributed by atoms with Crippen molar-refractivity contribution in [1.29, 1.82) is 5.26 Å². The van der Waals surface area contributed by atoms with Crippen molar-refractivity contribution in [3.8, 4) is 23.5 Å². The fraction of sp³-hybridized carbons (Fsp3) is 0.581. The molecule has 13 nitrogen and oxygen atoms in total. The number of rotatable bonds is 11. The Morgan fingerprint density at radius 3 is 2.89 bits per heavy atom. The Balaban J connectivity index is 1.01. The summed E-state index contributed by atoms with van der Waals surface area (Å²) >= 11 is 1.50. The molecule has 4 aromatic heterocycles. The van der Waals surface area contributed by atoms with Crippen LogP contribution in [0, 0.1) is 17.2 Å². The molecular weight excluding hydrogens is 590 g/mol. The average Bonchev–Trinajstić information content (AvgIpc) is 3.76. The van der Waals surface area contributed by atoms with Gasteiger partial charge in [0.2, 0.25) is 17.7 Å². The van der Waals surface area contributed by atoms with Crippen LogP contribution in [0.2, 0.25) is 0 Å². The molecule has 5 heterocycles. The molecule has 0 saturated carbocycles. The molecule has 0 spiro atoms. The first-order valence-electron chi connectivity index (χ1n) is 15.9. The van der Waals surface area contributed by atoms with E-state index in [0.29, 0.717) is 58.4 Å². The minimum absolute atomic E-state index is 0.128. The van der Waals surface area contributed by atoms with E-state index in [0.717, 1.165) is 81.7 Å². The summed E-state index contributed by atoms with van der Waals surface area (Å²) in [5.41, 5.74) is 8.26. The summed E-state index contributed by atoms with van der Waals surface area (Å²) in [5.74, 6) is 2.56. The number of aryl methyl sites for hydroxylation is 1. The van der Waals surface area contributed by atoms with E-state index in [1.165, 1.54) is 11.3 Å². The van der Waals surface area contributed by atoms with Crippen LogP contribution in [0.5, 0.6) is 5.88 Å². The number of nitrogen functional groups attached to an aromatic ring is 1.